The summed E-state index contributed by atoms with van der Waals surface area (Å²) in [5.41, 5.74) is -0.129. The number of ether oxygens (including phenoxy) is 1. The molecular formula is C8H16O2. The molecule has 0 aromatic carbocycles. The molecule has 0 unspecified atom stereocenters. The highest BCUT2D eigenvalue weighted by atomic mass is 16.5. The Morgan fingerprint density at radius 3 is 2.50 bits per heavy atom. The summed E-state index contributed by atoms with van der Waals surface area (Å²) >= 11 is 0. The van der Waals surface area contributed by atoms with Gasteiger partial charge in [0.05, 0.1) is 5.60 Å². The minimum absolute atomic E-state index is 0.129. The highest BCUT2D eigenvalue weighted by Crippen LogP contribution is 2.15. The van der Waals surface area contributed by atoms with Gasteiger partial charge in [0.15, 0.2) is 0 Å². The molecule has 0 bridgehead atoms. The fourth-order valence-electron chi connectivity index (χ4n) is 0.934. The van der Waals surface area contributed by atoms with E-state index in [0.29, 0.717) is 0 Å². The maximum atomic E-state index is 9.93. The van der Waals surface area contributed by atoms with E-state index in [1.54, 1.807) is 0 Å². The van der Waals surface area contributed by atoms with Crippen LogP contribution in [-0.4, -0.2) is 18.5 Å². The molecule has 0 saturated heterocycles. The molecule has 0 aliphatic heterocycles. The molecule has 2 heteroatoms. The van der Waals surface area contributed by atoms with Gasteiger partial charge in [-0.3, -0.25) is 0 Å². The van der Waals surface area contributed by atoms with Gasteiger partial charge >= 0.3 is 0 Å². The predicted octanol–water partition coefficient (Wildman–Crippen LogP) is 1.78. The van der Waals surface area contributed by atoms with Crippen molar-refractivity contribution in [2.24, 2.45) is 0 Å². The van der Waals surface area contributed by atoms with E-state index < -0.39 is 0 Å². The van der Waals surface area contributed by atoms with Crippen LogP contribution in [0.3, 0.4) is 0 Å². The van der Waals surface area contributed by atoms with Crippen LogP contribution in [0.15, 0.2) is 0 Å². The monoisotopic (exact) mass is 144 g/mol. The van der Waals surface area contributed by atoms with Gasteiger partial charge in [-0.05, 0) is 20.3 Å². The van der Waals surface area contributed by atoms with Crippen molar-refractivity contribution in [2.45, 2.75) is 39.2 Å². The Labute approximate surface area is 62.6 Å². The second kappa shape index (κ2) is 4.45. The molecule has 0 aliphatic rings. The zero-order valence-corrected chi connectivity index (χ0v) is 7.02. The Bertz CT molecular complexity index is 97.4. The van der Waals surface area contributed by atoms with Crippen molar-refractivity contribution in [3.8, 4) is 0 Å². The largest absolute Gasteiger partial charge is 0.368 e. The smallest absolute Gasteiger partial charge is 0.145 e. The van der Waals surface area contributed by atoms with Crippen LogP contribution in [0, 0.1) is 0 Å². The lowest BCUT2D eigenvalue weighted by atomic mass is 10.0. The van der Waals surface area contributed by atoms with Gasteiger partial charge in [-0.25, -0.2) is 0 Å². The summed E-state index contributed by atoms with van der Waals surface area (Å²) in [5, 5.41) is 0. The van der Waals surface area contributed by atoms with Crippen LogP contribution in [0.2, 0.25) is 0 Å². The lowest BCUT2D eigenvalue weighted by molar-refractivity contribution is -0.117. The molecule has 10 heavy (non-hydrogen) atoms. The molecule has 0 N–H and O–H groups in total. The number of hydrogen-bond donors (Lipinski definition) is 0. The summed E-state index contributed by atoms with van der Waals surface area (Å²) in [6.45, 7) is 6.32. The third-order valence-corrected chi connectivity index (χ3v) is 1.39. The SMILES string of the molecule is CCCC(C)(C)OCC=O. The van der Waals surface area contributed by atoms with Crippen molar-refractivity contribution < 1.29 is 9.53 Å². The first-order chi connectivity index (χ1) is 4.62. The standard InChI is InChI=1S/C8H16O2/c1-4-5-8(2,3)10-7-6-9/h6H,4-5,7H2,1-3H3. The van der Waals surface area contributed by atoms with Crippen molar-refractivity contribution >= 4 is 6.29 Å². The molecule has 0 rings (SSSR count). The molecule has 0 aliphatic carbocycles. The van der Waals surface area contributed by atoms with Crippen molar-refractivity contribution in [2.75, 3.05) is 6.61 Å². The Balaban J connectivity index is 3.51. The third-order valence-electron chi connectivity index (χ3n) is 1.39. The van der Waals surface area contributed by atoms with E-state index in [2.05, 4.69) is 6.92 Å². The minimum Gasteiger partial charge on any atom is -0.368 e. The summed E-state index contributed by atoms with van der Waals surface area (Å²) < 4.78 is 5.25. The number of hydrogen-bond acceptors (Lipinski definition) is 2. The number of carbonyl (C=O) groups is 1. The maximum Gasteiger partial charge on any atom is 0.145 e. The fourth-order valence-corrected chi connectivity index (χ4v) is 0.934. The van der Waals surface area contributed by atoms with E-state index in [9.17, 15) is 4.79 Å². The van der Waals surface area contributed by atoms with Crippen LogP contribution >= 0.6 is 0 Å². The summed E-state index contributed by atoms with van der Waals surface area (Å²) in [6, 6.07) is 0. The van der Waals surface area contributed by atoms with E-state index in [4.69, 9.17) is 4.74 Å². The van der Waals surface area contributed by atoms with Crippen LogP contribution in [0.1, 0.15) is 33.6 Å². The summed E-state index contributed by atoms with van der Waals surface area (Å²) in [7, 11) is 0. The lowest BCUT2D eigenvalue weighted by Gasteiger charge is -2.22. The van der Waals surface area contributed by atoms with Gasteiger partial charge in [-0.15, -0.1) is 0 Å². The number of aldehydes is 1. The molecule has 0 fully saturated rings. The zero-order chi connectivity index (χ0) is 8.04. The van der Waals surface area contributed by atoms with Crippen molar-refractivity contribution in [1.29, 1.82) is 0 Å². The molecule has 0 aromatic heterocycles. The number of rotatable bonds is 5. The number of carbonyl (C=O) groups excluding carboxylic acids is 1. The normalized spacial score (nSPS) is 11.5. The second-order valence-corrected chi connectivity index (χ2v) is 2.99. The Kier molecular flexibility index (Phi) is 4.28. The first-order valence-electron chi connectivity index (χ1n) is 3.70. The third kappa shape index (κ3) is 4.50. The fraction of sp³-hybridized carbons (Fsp3) is 0.875. The minimum atomic E-state index is -0.129. The van der Waals surface area contributed by atoms with Gasteiger partial charge in [-0.2, -0.15) is 0 Å². The molecule has 0 radical (unpaired) electrons. The topological polar surface area (TPSA) is 26.3 Å². The van der Waals surface area contributed by atoms with E-state index >= 15 is 0 Å². The van der Waals surface area contributed by atoms with Crippen LogP contribution in [-0.2, 0) is 9.53 Å². The molecule has 0 aromatic rings. The molecule has 0 heterocycles. The molecule has 60 valence electrons. The molecule has 2 nitrogen and oxygen atoms in total. The second-order valence-electron chi connectivity index (χ2n) is 2.99. The van der Waals surface area contributed by atoms with Crippen molar-refractivity contribution in [3.63, 3.8) is 0 Å². The van der Waals surface area contributed by atoms with Crippen LogP contribution < -0.4 is 0 Å². The van der Waals surface area contributed by atoms with Gasteiger partial charge in [0.1, 0.15) is 12.9 Å². The Morgan fingerprint density at radius 1 is 1.50 bits per heavy atom. The average molecular weight is 144 g/mol. The first kappa shape index (κ1) is 9.63. The van der Waals surface area contributed by atoms with Crippen molar-refractivity contribution in [3.05, 3.63) is 0 Å². The van der Waals surface area contributed by atoms with E-state index in [0.717, 1.165) is 19.1 Å². The highest BCUT2D eigenvalue weighted by molar-refractivity contribution is 5.50. The predicted molar refractivity (Wildman–Crippen MR) is 41.0 cm³/mol. The van der Waals surface area contributed by atoms with E-state index in [1.165, 1.54) is 0 Å². The van der Waals surface area contributed by atoms with Gasteiger partial charge in [0.25, 0.3) is 0 Å². The Morgan fingerprint density at radius 2 is 2.10 bits per heavy atom. The molecule has 0 amide bonds. The molecule has 0 saturated carbocycles. The van der Waals surface area contributed by atoms with Crippen LogP contribution in [0.25, 0.3) is 0 Å². The molecule has 0 atom stereocenters. The van der Waals surface area contributed by atoms with Gasteiger partial charge in [0, 0.05) is 0 Å². The van der Waals surface area contributed by atoms with E-state index in [1.807, 2.05) is 13.8 Å². The van der Waals surface area contributed by atoms with Gasteiger partial charge < -0.3 is 9.53 Å². The zero-order valence-electron chi connectivity index (χ0n) is 7.02. The lowest BCUT2D eigenvalue weighted by Crippen LogP contribution is -2.24. The quantitative estimate of drug-likeness (QED) is 0.550. The van der Waals surface area contributed by atoms with Gasteiger partial charge in [0.2, 0.25) is 0 Å². The van der Waals surface area contributed by atoms with E-state index in [-0.39, 0.29) is 12.2 Å². The Hall–Kier alpha value is -0.370. The summed E-state index contributed by atoms with van der Waals surface area (Å²) in [5.74, 6) is 0. The first-order valence-corrected chi connectivity index (χ1v) is 3.70. The molecule has 0 spiro atoms. The van der Waals surface area contributed by atoms with Crippen LogP contribution in [0.4, 0.5) is 0 Å². The summed E-state index contributed by atoms with van der Waals surface area (Å²) in [6.07, 6.45) is 2.88. The van der Waals surface area contributed by atoms with Gasteiger partial charge in [-0.1, -0.05) is 13.3 Å². The maximum absolute atomic E-state index is 9.93. The highest BCUT2D eigenvalue weighted by Gasteiger charge is 2.15. The van der Waals surface area contributed by atoms with Crippen molar-refractivity contribution in [1.82, 2.24) is 0 Å². The molecular weight excluding hydrogens is 128 g/mol. The summed E-state index contributed by atoms with van der Waals surface area (Å²) in [4.78, 5) is 9.93. The average Bonchev–Trinajstić information content (AvgIpc) is 1.84. The van der Waals surface area contributed by atoms with Crippen LogP contribution in [0.5, 0.6) is 0 Å².